The van der Waals surface area contributed by atoms with Crippen molar-refractivity contribution in [2.45, 2.75) is 18.0 Å². The number of pyridine rings is 1. The number of hydrogen-bond donors (Lipinski definition) is 3. The molecule has 1 fully saturated rings. The summed E-state index contributed by atoms with van der Waals surface area (Å²) < 4.78 is 1.91. The first kappa shape index (κ1) is 23.3. The van der Waals surface area contributed by atoms with E-state index in [0.29, 0.717) is 17.9 Å². The summed E-state index contributed by atoms with van der Waals surface area (Å²) in [6, 6.07) is 1.07. The molecule has 1 saturated heterocycles. The molecule has 3 aromatic heterocycles. The lowest BCUT2D eigenvalue weighted by Gasteiger charge is -2.49. The van der Waals surface area contributed by atoms with Crippen LogP contribution < -0.4 is 15.6 Å². The van der Waals surface area contributed by atoms with Crippen molar-refractivity contribution >= 4 is 73.8 Å². The first-order chi connectivity index (χ1) is 16.9. The summed E-state index contributed by atoms with van der Waals surface area (Å²) in [5.41, 5.74) is 6.33. The quantitative estimate of drug-likeness (QED) is 0.177. The summed E-state index contributed by atoms with van der Waals surface area (Å²) in [4.78, 5) is 48.1. The van der Waals surface area contributed by atoms with Gasteiger partial charge in [-0.1, -0.05) is 5.16 Å². The number of nitrogens with one attached hydrogen (secondary N) is 1. The topological polar surface area (TPSA) is 151 Å². The van der Waals surface area contributed by atoms with Gasteiger partial charge in [-0.05, 0) is 5.38 Å². The number of rotatable bonds is 7. The highest BCUT2D eigenvalue weighted by Gasteiger charge is 2.54. The van der Waals surface area contributed by atoms with E-state index in [0.717, 1.165) is 22.1 Å². The third-order valence-electron chi connectivity index (χ3n) is 5.55. The van der Waals surface area contributed by atoms with E-state index in [1.54, 1.807) is 16.7 Å². The molecule has 3 aromatic rings. The van der Waals surface area contributed by atoms with E-state index in [9.17, 15) is 19.5 Å². The lowest BCUT2D eigenvalue weighted by atomic mass is 10.0. The van der Waals surface area contributed by atoms with Crippen molar-refractivity contribution in [3.05, 3.63) is 51.6 Å². The number of carboxylic acid groups (broad SMARTS) is 1. The number of carbonyl (C=O) groups excluding carboxylic acids is 2. The van der Waals surface area contributed by atoms with Crippen molar-refractivity contribution in [1.82, 2.24) is 15.2 Å². The molecule has 2 aliphatic heterocycles. The van der Waals surface area contributed by atoms with E-state index in [2.05, 4.69) is 15.5 Å². The predicted molar refractivity (Wildman–Crippen MR) is 132 cm³/mol. The molecule has 5 heterocycles. The number of aliphatic carboxylic acids is 1. The van der Waals surface area contributed by atoms with Gasteiger partial charge in [-0.3, -0.25) is 14.5 Å². The Bertz CT molecular complexity index is 1410. The fourth-order valence-corrected chi connectivity index (χ4v) is 6.64. The van der Waals surface area contributed by atoms with Gasteiger partial charge in [-0.25, -0.2) is 14.3 Å². The summed E-state index contributed by atoms with van der Waals surface area (Å²) in [6.45, 7) is 0.337. The Morgan fingerprint density at radius 1 is 1.37 bits per heavy atom. The van der Waals surface area contributed by atoms with Crippen LogP contribution in [0.3, 0.4) is 0 Å². The maximum Gasteiger partial charge on any atom is 0.352 e. The maximum atomic E-state index is 13.0. The third kappa shape index (κ3) is 4.24. The van der Waals surface area contributed by atoms with Crippen LogP contribution in [0.1, 0.15) is 5.69 Å². The van der Waals surface area contributed by atoms with E-state index >= 15 is 0 Å². The molecule has 1 unspecified atom stereocenters. The molecule has 11 nitrogen and oxygen atoms in total. The zero-order valence-corrected chi connectivity index (χ0v) is 20.7. The van der Waals surface area contributed by atoms with Crippen molar-refractivity contribution in [3.63, 3.8) is 0 Å². The molecule has 4 N–H and O–H groups in total. The molecule has 35 heavy (non-hydrogen) atoms. The minimum atomic E-state index is -1.18. The summed E-state index contributed by atoms with van der Waals surface area (Å²) in [6.07, 6.45) is 3.85. The van der Waals surface area contributed by atoms with Crippen LogP contribution in [0.5, 0.6) is 0 Å². The summed E-state index contributed by atoms with van der Waals surface area (Å²) in [5.74, 6) is -1.95. The van der Waals surface area contributed by atoms with Crippen LogP contribution in [-0.2, 0) is 25.8 Å². The summed E-state index contributed by atoms with van der Waals surface area (Å²) in [5, 5.41) is 23.8. The van der Waals surface area contributed by atoms with E-state index in [-0.39, 0.29) is 22.2 Å². The number of nitrogens with two attached hydrogens (primary N) is 1. The number of oxime groups is 1. The van der Waals surface area contributed by atoms with Gasteiger partial charge in [0.05, 0.1) is 5.39 Å². The highest BCUT2D eigenvalue weighted by Crippen LogP contribution is 2.40. The molecule has 0 aromatic carbocycles. The molecule has 0 saturated carbocycles. The van der Waals surface area contributed by atoms with Crippen LogP contribution >= 0.6 is 34.4 Å². The Kier molecular flexibility index (Phi) is 6.17. The minimum Gasteiger partial charge on any atom is -0.477 e. The van der Waals surface area contributed by atoms with Crippen molar-refractivity contribution < 1.29 is 28.9 Å². The second kappa shape index (κ2) is 9.28. The maximum absolute atomic E-state index is 13.0. The zero-order valence-electron chi connectivity index (χ0n) is 18.2. The number of aromatic nitrogens is 2. The number of nitrogen functional groups attached to an aromatic ring is 1. The molecule has 5 rings (SSSR count). The number of thiazole rings is 1. The molecule has 14 heteroatoms. The van der Waals surface area contributed by atoms with E-state index in [4.69, 9.17) is 10.6 Å². The van der Waals surface area contributed by atoms with Crippen LogP contribution in [0.15, 0.2) is 51.0 Å². The Hall–Kier alpha value is -3.49. The van der Waals surface area contributed by atoms with Crippen molar-refractivity contribution in [3.8, 4) is 0 Å². The molecule has 0 aliphatic carbocycles. The molecular weight excluding hydrogens is 512 g/mol. The van der Waals surface area contributed by atoms with Crippen molar-refractivity contribution in [1.29, 1.82) is 0 Å². The fourth-order valence-electron chi connectivity index (χ4n) is 3.98. The van der Waals surface area contributed by atoms with Crippen LogP contribution in [-0.4, -0.2) is 62.8 Å². The predicted octanol–water partition coefficient (Wildman–Crippen LogP) is 1.02. The average Bonchev–Trinajstić information content (AvgIpc) is 3.48. The lowest BCUT2D eigenvalue weighted by Crippen LogP contribution is -2.71. The minimum absolute atomic E-state index is 0.0415. The lowest BCUT2D eigenvalue weighted by molar-refractivity contribution is -0.687. The van der Waals surface area contributed by atoms with E-state index < -0.39 is 29.2 Å². The SMILES string of the molecule is CON=C(C(=O)NC1C(=O)N2C(C(=O)O)=C(C[n+]3ccc4cscc4c3)CS[C@@H]12)c1csc(N)n1. The highest BCUT2D eigenvalue weighted by atomic mass is 32.2. The Morgan fingerprint density at radius 3 is 2.89 bits per heavy atom. The summed E-state index contributed by atoms with van der Waals surface area (Å²) in [7, 11) is 1.29. The number of hydrogen-bond acceptors (Lipinski definition) is 10. The van der Waals surface area contributed by atoms with Gasteiger partial charge in [0.25, 0.3) is 11.8 Å². The van der Waals surface area contributed by atoms with Gasteiger partial charge in [-0.2, -0.15) is 11.3 Å². The number of fused-ring (bicyclic) bond motifs is 2. The number of anilines is 1. The van der Waals surface area contributed by atoms with Gasteiger partial charge < -0.3 is 21.0 Å². The molecule has 180 valence electrons. The Balaban J connectivity index is 1.36. The highest BCUT2D eigenvalue weighted by molar-refractivity contribution is 8.00. The van der Waals surface area contributed by atoms with Crippen LogP contribution in [0.4, 0.5) is 5.13 Å². The van der Waals surface area contributed by atoms with Gasteiger partial charge in [-0.15, -0.1) is 23.1 Å². The van der Waals surface area contributed by atoms with E-state index in [1.165, 1.54) is 23.8 Å². The number of thioether (sulfide) groups is 1. The fraction of sp³-hybridized carbons (Fsp3) is 0.238. The van der Waals surface area contributed by atoms with E-state index in [1.807, 2.05) is 33.8 Å². The van der Waals surface area contributed by atoms with Gasteiger partial charge in [0.2, 0.25) is 0 Å². The van der Waals surface area contributed by atoms with Gasteiger partial charge >= 0.3 is 5.97 Å². The monoisotopic (exact) mass is 531 g/mol. The Labute approximate surface area is 210 Å². The molecular formula is C21H19N6O5S3+. The second-order valence-corrected chi connectivity index (χ2v) is 10.4. The normalized spacial score (nSPS) is 20.0. The first-order valence-corrected chi connectivity index (χ1v) is 13.1. The molecule has 0 spiro atoms. The van der Waals surface area contributed by atoms with Gasteiger partial charge in [0.1, 0.15) is 29.9 Å². The number of carboxylic acids is 1. The smallest absolute Gasteiger partial charge is 0.352 e. The van der Waals surface area contributed by atoms with Crippen LogP contribution in [0.25, 0.3) is 10.8 Å². The second-order valence-electron chi connectivity index (χ2n) is 7.71. The zero-order chi connectivity index (χ0) is 24.7. The molecule has 2 atom stereocenters. The number of amides is 2. The third-order valence-corrected chi connectivity index (χ3v) is 8.34. The van der Waals surface area contributed by atoms with Gasteiger partial charge in [0.15, 0.2) is 29.8 Å². The first-order valence-electron chi connectivity index (χ1n) is 10.3. The number of β-lactam (4-membered cyclic amide) rings is 1. The largest absolute Gasteiger partial charge is 0.477 e. The van der Waals surface area contributed by atoms with Crippen LogP contribution in [0, 0.1) is 0 Å². The standard InChI is InChI=1S/C21H18N6O5S3/c1-32-25-14(13-9-35-21(22)23-13)17(28)24-15-18(29)27-16(20(30)31)12(8-34-19(15)27)5-26-3-2-10-6-33-7-11(10)4-26/h2-4,6-7,9,15,19H,5,8H2,1H3,(H3-,22,23,24,28,30,31)/p+1/t15?,19-/m0/s1. The molecule has 2 amide bonds. The number of thiophene rings is 1. The number of nitrogens with zero attached hydrogens (tertiary/aromatic N) is 4. The van der Waals surface area contributed by atoms with Crippen molar-refractivity contribution in [2.75, 3.05) is 18.6 Å². The summed E-state index contributed by atoms with van der Waals surface area (Å²) >= 11 is 4.13. The average molecular weight is 532 g/mol. The molecule has 0 radical (unpaired) electrons. The molecule has 2 aliphatic rings. The Morgan fingerprint density at radius 2 is 2.17 bits per heavy atom. The van der Waals surface area contributed by atoms with Gasteiger partial charge in [0, 0.05) is 33.5 Å². The molecule has 0 bridgehead atoms. The van der Waals surface area contributed by atoms with Crippen LogP contribution in [0.2, 0.25) is 0 Å². The van der Waals surface area contributed by atoms with Crippen molar-refractivity contribution in [2.24, 2.45) is 5.16 Å². The number of carbonyl (C=O) groups is 3.